The highest BCUT2D eigenvalue weighted by molar-refractivity contribution is 6.33. The number of rotatable bonds is 8. The molecule has 2 amide bonds. The molecule has 32 heavy (non-hydrogen) atoms. The fourth-order valence-corrected chi connectivity index (χ4v) is 4.03. The lowest BCUT2D eigenvalue weighted by molar-refractivity contribution is -0.133. The number of halogens is 2. The van der Waals surface area contributed by atoms with E-state index in [1.807, 2.05) is 24.3 Å². The standard InChI is InChI=1S/C23H22Cl2N4O3/c1-14(30)26-20(16-6-2-4-8-18(16)24)12-22(31)29(15-10-11-15)13-21-27-28-23(32-21)17-7-3-5-9-19(17)25/h2-9,15,20H,10-13H2,1H3,(H,26,30)/t20-/m1/s1. The molecule has 2 aromatic carbocycles. The Morgan fingerprint density at radius 3 is 2.44 bits per heavy atom. The molecule has 0 aliphatic heterocycles. The highest BCUT2D eigenvalue weighted by Gasteiger charge is 2.35. The first kappa shape index (κ1) is 22.3. The third-order valence-corrected chi connectivity index (χ3v) is 5.90. The zero-order chi connectivity index (χ0) is 22.7. The van der Waals surface area contributed by atoms with Gasteiger partial charge in [-0.2, -0.15) is 0 Å². The number of benzene rings is 2. The fourth-order valence-electron chi connectivity index (χ4n) is 3.55. The molecule has 3 aromatic rings. The molecule has 1 saturated carbocycles. The molecule has 0 spiro atoms. The van der Waals surface area contributed by atoms with Crippen LogP contribution in [0, 0.1) is 0 Å². The van der Waals surface area contributed by atoms with Gasteiger partial charge in [-0.1, -0.05) is 53.5 Å². The van der Waals surface area contributed by atoms with E-state index in [0.717, 1.165) is 12.8 Å². The lowest BCUT2D eigenvalue weighted by atomic mass is 10.0. The Morgan fingerprint density at radius 1 is 1.09 bits per heavy atom. The summed E-state index contributed by atoms with van der Waals surface area (Å²) in [5.74, 6) is 0.278. The molecule has 7 nitrogen and oxygen atoms in total. The summed E-state index contributed by atoms with van der Waals surface area (Å²) < 4.78 is 5.79. The molecule has 1 N–H and O–H groups in total. The molecule has 0 saturated heterocycles. The Labute approximate surface area is 195 Å². The number of hydrogen-bond donors (Lipinski definition) is 1. The highest BCUT2D eigenvalue weighted by Crippen LogP contribution is 2.32. The van der Waals surface area contributed by atoms with Gasteiger partial charge in [0.1, 0.15) is 0 Å². The van der Waals surface area contributed by atoms with Gasteiger partial charge in [0.25, 0.3) is 0 Å². The van der Waals surface area contributed by atoms with Crippen molar-refractivity contribution in [2.24, 2.45) is 0 Å². The average molecular weight is 473 g/mol. The molecule has 0 bridgehead atoms. The predicted octanol–water partition coefficient (Wildman–Crippen LogP) is 4.80. The van der Waals surface area contributed by atoms with Crippen molar-refractivity contribution in [1.29, 1.82) is 0 Å². The lowest BCUT2D eigenvalue weighted by Gasteiger charge is -2.25. The van der Waals surface area contributed by atoms with E-state index in [9.17, 15) is 9.59 Å². The van der Waals surface area contributed by atoms with Gasteiger partial charge >= 0.3 is 0 Å². The third kappa shape index (κ3) is 5.29. The van der Waals surface area contributed by atoms with Gasteiger partial charge in [-0.3, -0.25) is 9.59 Å². The molecule has 1 heterocycles. The number of aromatic nitrogens is 2. The Balaban J connectivity index is 1.51. The zero-order valence-corrected chi connectivity index (χ0v) is 18.9. The van der Waals surface area contributed by atoms with Gasteiger partial charge in [-0.05, 0) is 36.6 Å². The van der Waals surface area contributed by atoms with Gasteiger partial charge < -0.3 is 14.6 Å². The second-order valence-corrected chi connectivity index (χ2v) is 8.53. The van der Waals surface area contributed by atoms with E-state index in [-0.39, 0.29) is 30.8 Å². The predicted molar refractivity (Wildman–Crippen MR) is 121 cm³/mol. The molecule has 0 radical (unpaired) electrons. The normalized spacial score (nSPS) is 14.1. The summed E-state index contributed by atoms with van der Waals surface area (Å²) in [5.41, 5.74) is 1.34. The Morgan fingerprint density at radius 2 is 1.78 bits per heavy atom. The van der Waals surface area contributed by atoms with Gasteiger partial charge in [-0.25, -0.2) is 0 Å². The van der Waals surface area contributed by atoms with E-state index >= 15 is 0 Å². The largest absolute Gasteiger partial charge is 0.419 e. The van der Waals surface area contributed by atoms with E-state index < -0.39 is 6.04 Å². The van der Waals surface area contributed by atoms with Crippen LogP contribution in [-0.2, 0) is 16.1 Å². The summed E-state index contributed by atoms with van der Waals surface area (Å²) in [5, 5.41) is 12.0. The van der Waals surface area contributed by atoms with Crippen LogP contribution in [0.5, 0.6) is 0 Å². The van der Waals surface area contributed by atoms with Gasteiger partial charge in [0.2, 0.25) is 23.6 Å². The number of carbonyl (C=O) groups is 2. The summed E-state index contributed by atoms with van der Waals surface area (Å²) >= 11 is 12.5. The lowest BCUT2D eigenvalue weighted by Crippen LogP contribution is -2.37. The van der Waals surface area contributed by atoms with Crippen LogP contribution in [0.1, 0.15) is 43.7 Å². The van der Waals surface area contributed by atoms with Crippen LogP contribution in [0.25, 0.3) is 11.5 Å². The molecule has 4 rings (SSSR count). The van der Waals surface area contributed by atoms with Crippen LogP contribution in [-0.4, -0.2) is 33.0 Å². The van der Waals surface area contributed by atoms with E-state index in [2.05, 4.69) is 15.5 Å². The monoisotopic (exact) mass is 472 g/mol. The Bertz CT molecular complexity index is 1130. The minimum Gasteiger partial charge on any atom is -0.419 e. The number of amides is 2. The van der Waals surface area contributed by atoms with E-state index in [1.165, 1.54) is 6.92 Å². The molecule has 1 aliphatic carbocycles. The summed E-state index contributed by atoms with van der Waals surface area (Å²) in [6, 6.07) is 14.0. The highest BCUT2D eigenvalue weighted by atomic mass is 35.5. The van der Waals surface area contributed by atoms with Crippen LogP contribution < -0.4 is 5.32 Å². The Kier molecular flexibility index (Phi) is 6.77. The first-order valence-corrected chi connectivity index (χ1v) is 11.1. The molecule has 166 valence electrons. The van der Waals surface area contributed by atoms with Gasteiger partial charge in [0, 0.05) is 18.0 Å². The summed E-state index contributed by atoms with van der Waals surface area (Å²) in [6.45, 7) is 1.61. The zero-order valence-electron chi connectivity index (χ0n) is 17.4. The minimum atomic E-state index is -0.531. The van der Waals surface area contributed by atoms with Crippen molar-refractivity contribution in [3.05, 3.63) is 70.0 Å². The SMILES string of the molecule is CC(=O)N[C@H](CC(=O)N(Cc1nnc(-c2ccccc2Cl)o1)C1CC1)c1ccccc1Cl. The number of hydrogen-bond acceptors (Lipinski definition) is 5. The fraction of sp³-hybridized carbons (Fsp3) is 0.304. The number of nitrogens with zero attached hydrogens (tertiary/aromatic N) is 3. The van der Waals surface area contributed by atoms with Crippen molar-refractivity contribution in [2.75, 3.05) is 0 Å². The molecule has 0 unspecified atom stereocenters. The summed E-state index contributed by atoms with van der Waals surface area (Å²) in [4.78, 5) is 26.8. The number of carbonyl (C=O) groups excluding carboxylic acids is 2. The van der Waals surface area contributed by atoms with Crippen LogP contribution in [0.3, 0.4) is 0 Å². The van der Waals surface area contributed by atoms with Crippen molar-refractivity contribution >= 4 is 35.0 Å². The van der Waals surface area contributed by atoms with E-state index in [4.69, 9.17) is 27.6 Å². The van der Waals surface area contributed by atoms with E-state index in [0.29, 0.717) is 33.0 Å². The van der Waals surface area contributed by atoms with Crippen LogP contribution in [0.4, 0.5) is 0 Å². The smallest absolute Gasteiger partial charge is 0.249 e. The van der Waals surface area contributed by atoms with Crippen molar-refractivity contribution in [1.82, 2.24) is 20.4 Å². The molecule has 9 heteroatoms. The third-order valence-electron chi connectivity index (χ3n) is 5.22. The maximum absolute atomic E-state index is 13.3. The van der Waals surface area contributed by atoms with Crippen LogP contribution in [0.15, 0.2) is 52.9 Å². The molecular weight excluding hydrogens is 451 g/mol. The van der Waals surface area contributed by atoms with Crippen LogP contribution in [0.2, 0.25) is 10.0 Å². The van der Waals surface area contributed by atoms with E-state index in [1.54, 1.807) is 29.2 Å². The summed E-state index contributed by atoms with van der Waals surface area (Å²) in [6.07, 6.45) is 1.90. The average Bonchev–Trinajstić information content (AvgIpc) is 3.49. The first-order chi connectivity index (χ1) is 15.4. The number of nitrogens with one attached hydrogen (secondary N) is 1. The van der Waals surface area contributed by atoms with Crippen molar-refractivity contribution in [3.63, 3.8) is 0 Å². The van der Waals surface area contributed by atoms with Gasteiger partial charge in [0.05, 0.1) is 29.6 Å². The van der Waals surface area contributed by atoms with Gasteiger partial charge in [-0.15, -0.1) is 10.2 Å². The molecule has 1 aromatic heterocycles. The quantitative estimate of drug-likeness (QED) is 0.508. The van der Waals surface area contributed by atoms with Crippen molar-refractivity contribution < 1.29 is 14.0 Å². The second kappa shape index (κ2) is 9.71. The molecule has 1 atom stereocenters. The maximum Gasteiger partial charge on any atom is 0.249 e. The minimum absolute atomic E-state index is 0.0747. The molecule has 1 aliphatic rings. The van der Waals surface area contributed by atoms with Crippen molar-refractivity contribution in [3.8, 4) is 11.5 Å². The first-order valence-electron chi connectivity index (χ1n) is 10.3. The van der Waals surface area contributed by atoms with Crippen molar-refractivity contribution in [2.45, 2.75) is 44.8 Å². The molecular formula is C23H22Cl2N4O3. The maximum atomic E-state index is 13.3. The van der Waals surface area contributed by atoms with Gasteiger partial charge in [0.15, 0.2) is 0 Å². The Hall–Kier alpha value is -2.90. The topological polar surface area (TPSA) is 88.3 Å². The molecule has 1 fully saturated rings. The van der Waals surface area contributed by atoms with Crippen LogP contribution >= 0.6 is 23.2 Å². The second-order valence-electron chi connectivity index (χ2n) is 7.71. The summed E-state index contributed by atoms with van der Waals surface area (Å²) in [7, 11) is 0.